The van der Waals surface area contributed by atoms with Gasteiger partial charge in [-0.05, 0) is 42.8 Å². The summed E-state index contributed by atoms with van der Waals surface area (Å²) >= 11 is 3.43. The van der Waals surface area contributed by atoms with Crippen molar-refractivity contribution < 1.29 is 0 Å². The molecule has 2 aromatic carbocycles. The molecule has 0 aromatic heterocycles. The molecule has 0 aliphatic rings. The predicted molar refractivity (Wildman–Crippen MR) is 83.4 cm³/mol. The van der Waals surface area contributed by atoms with Crippen molar-refractivity contribution >= 4 is 33.3 Å². The molecule has 98 valence electrons. The molecule has 0 unspecified atom stereocenters. The zero-order chi connectivity index (χ0) is 13.7. The van der Waals surface area contributed by atoms with Crippen LogP contribution in [0.1, 0.15) is 5.56 Å². The van der Waals surface area contributed by atoms with E-state index in [0.717, 1.165) is 21.4 Å². The summed E-state index contributed by atoms with van der Waals surface area (Å²) in [5.41, 5.74) is 5.42. The zero-order valence-electron chi connectivity index (χ0n) is 10.5. The lowest BCUT2D eigenvalue weighted by Crippen LogP contribution is -2.36. The third-order valence-corrected chi connectivity index (χ3v) is 3.06. The van der Waals surface area contributed by atoms with E-state index >= 15 is 0 Å². The van der Waals surface area contributed by atoms with Gasteiger partial charge in [0.2, 0.25) is 5.96 Å². The number of hydrogen-bond donors (Lipinski definition) is 3. The Balaban J connectivity index is 2.23. The molecule has 0 spiro atoms. The topological polar surface area (TPSA) is 62.4 Å². The highest BCUT2D eigenvalue weighted by molar-refractivity contribution is 9.10. The molecule has 0 saturated heterocycles. The Bertz CT molecular complexity index is 581. The fourth-order valence-electron chi connectivity index (χ4n) is 1.62. The fraction of sp³-hybridized carbons (Fsp3) is 0.0714. The van der Waals surface area contributed by atoms with Crippen LogP contribution in [0.15, 0.2) is 58.0 Å². The molecule has 0 bridgehead atoms. The van der Waals surface area contributed by atoms with Crippen molar-refractivity contribution in [2.75, 3.05) is 5.32 Å². The number of aryl methyl sites for hydroxylation is 1. The summed E-state index contributed by atoms with van der Waals surface area (Å²) in [5.74, 6) is 5.99. The smallest absolute Gasteiger partial charge is 0.215 e. The molecule has 2 aromatic rings. The molecule has 0 atom stereocenters. The summed E-state index contributed by atoms with van der Waals surface area (Å²) in [6.45, 7) is 2.00. The number of halogens is 1. The maximum atomic E-state index is 5.50. The van der Waals surface area contributed by atoms with Crippen LogP contribution in [-0.4, -0.2) is 5.96 Å². The van der Waals surface area contributed by atoms with Gasteiger partial charge in [0.15, 0.2) is 0 Å². The quantitative estimate of drug-likeness (QED) is 0.344. The SMILES string of the molecule is Cc1cc(Br)ccc1N=C(NN)Nc1ccccc1. The summed E-state index contributed by atoms with van der Waals surface area (Å²) in [6, 6.07) is 15.6. The largest absolute Gasteiger partial charge is 0.325 e. The lowest BCUT2D eigenvalue weighted by Gasteiger charge is -2.10. The second kappa shape index (κ2) is 6.36. The number of guanidine groups is 1. The number of anilines is 1. The van der Waals surface area contributed by atoms with Crippen LogP contribution in [0.2, 0.25) is 0 Å². The molecule has 0 fully saturated rings. The van der Waals surface area contributed by atoms with Gasteiger partial charge in [-0.3, -0.25) is 5.43 Å². The third-order valence-electron chi connectivity index (χ3n) is 2.56. The Morgan fingerprint density at radius 3 is 2.53 bits per heavy atom. The van der Waals surface area contributed by atoms with Crippen molar-refractivity contribution in [1.29, 1.82) is 0 Å². The number of nitrogens with two attached hydrogens (primary N) is 1. The van der Waals surface area contributed by atoms with Crippen molar-refractivity contribution in [1.82, 2.24) is 5.43 Å². The van der Waals surface area contributed by atoms with Crippen molar-refractivity contribution in [2.24, 2.45) is 10.8 Å². The van der Waals surface area contributed by atoms with Crippen LogP contribution in [0.5, 0.6) is 0 Å². The monoisotopic (exact) mass is 318 g/mol. The van der Waals surface area contributed by atoms with E-state index in [1.807, 2.05) is 55.5 Å². The van der Waals surface area contributed by atoms with Crippen LogP contribution in [0.4, 0.5) is 11.4 Å². The molecule has 0 amide bonds. The normalized spacial score (nSPS) is 11.2. The molecule has 0 aliphatic carbocycles. The molecular formula is C14H15BrN4. The lowest BCUT2D eigenvalue weighted by atomic mass is 10.2. The first-order chi connectivity index (χ1) is 9.19. The fourth-order valence-corrected chi connectivity index (χ4v) is 2.09. The van der Waals surface area contributed by atoms with Gasteiger partial charge in [0.05, 0.1) is 5.69 Å². The minimum atomic E-state index is 0.497. The number of rotatable bonds is 2. The Morgan fingerprint density at radius 2 is 1.89 bits per heavy atom. The van der Waals surface area contributed by atoms with Gasteiger partial charge < -0.3 is 5.32 Å². The van der Waals surface area contributed by atoms with Gasteiger partial charge in [-0.25, -0.2) is 10.8 Å². The average molecular weight is 319 g/mol. The maximum Gasteiger partial charge on any atom is 0.215 e. The summed E-state index contributed by atoms with van der Waals surface area (Å²) in [5, 5.41) is 3.12. The van der Waals surface area contributed by atoms with Crippen molar-refractivity contribution in [3.8, 4) is 0 Å². The van der Waals surface area contributed by atoms with E-state index in [-0.39, 0.29) is 0 Å². The Labute approximate surface area is 120 Å². The second-order valence-electron chi connectivity index (χ2n) is 4.03. The molecule has 0 radical (unpaired) electrons. The molecule has 4 N–H and O–H groups in total. The first-order valence-corrected chi connectivity index (χ1v) is 6.62. The van der Waals surface area contributed by atoms with Crippen LogP contribution in [0.3, 0.4) is 0 Å². The molecule has 19 heavy (non-hydrogen) atoms. The van der Waals surface area contributed by atoms with Crippen LogP contribution in [0, 0.1) is 6.92 Å². The summed E-state index contributed by atoms with van der Waals surface area (Å²) < 4.78 is 1.03. The Hall–Kier alpha value is -1.85. The van der Waals surface area contributed by atoms with E-state index in [9.17, 15) is 0 Å². The maximum absolute atomic E-state index is 5.50. The van der Waals surface area contributed by atoms with E-state index in [1.54, 1.807) is 0 Å². The van der Waals surface area contributed by atoms with Crippen molar-refractivity contribution in [3.05, 3.63) is 58.6 Å². The van der Waals surface area contributed by atoms with Gasteiger partial charge in [0.25, 0.3) is 0 Å². The van der Waals surface area contributed by atoms with Crippen LogP contribution in [0.25, 0.3) is 0 Å². The Kier molecular flexibility index (Phi) is 4.54. The van der Waals surface area contributed by atoms with Crippen LogP contribution >= 0.6 is 15.9 Å². The second-order valence-corrected chi connectivity index (χ2v) is 4.94. The minimum absolute atomic E-state index is 0.497. The lowest BCUT2D eigenvalue weighted by molar-refractivity contribution is 1.02. The van der Waals surface area contributed by atoms with Crippen molar-refractivity contribution in [3.63, 3.8) is 0 Å². The molecule has 0 heterocycles. The molecule has 2 rings (SSSR count). The number of hydrogen-bond acceptors (Lipinski definition) is 2. The molecule has 0 aliphatic heterocycles. The number of nitrogens with one attached hydrogen (secondary N) is 2. The highest BCUT2D eigenvalue weighted by Gasteiger charge is 2.01. The molecular weight excluding hydrogens is 304 g/mol. The first kappa shape index (κ1) is 13.6. The van der Waals surface area contributed by atoms with Gasteiger partial charge in [-0.1, -0.05) is 34.1 Å². The first-order valence-electron chi connectivity index (χ1n) is 5.82. The summed E-state index contributed by atoms with van der Waals surface area (Å²) in [4.78, 5) is 4.46. The zero-order valence-corrected chi connectivity index (χ0v) is 12.1. The van der Waals surface area contributed by atoms with Gasteiger partial charge in [0, 0.05) is 10.2 Å². The number of nitrogens with zero attached hydrogens (tertiary/aromatic N) is 1. The van der Waals surface area contributed by atoms with Gasteiger partial charge in [-0.15, -0.1) is 0 Å². The highest BCUT2D eigenvalue weighted by Crippen LogP contribution is 2.22. The van der Waals surface area contributed by atoms with Crippen molar-refractivity contribution in [2.45, 2.75) is 6.92 Å². The summed E-state index contributed by atoms with van der Waals surface area (Å²) in [6.07, 6.45) is 0. The van der Waals surface area contributed by atoms with Gasteiger partial charge in [0.1, 0.15) is 0 Å². The van der Waals surface area contributed by atoms with E-state index < -0.39 is 0 Å². The van der Waals surface area contributed by atoms with E-state index in [1.165, 1.54) is 0 Å². The molecule has 4 nitrogen and oxygen atoms in total. The Morgan fingerprint density at radius 1 is 1.16 bits per heavy atom. The van der Waals surface area contributed by atoms with E-state index in [4.69, 9.17) is 5.84 Å². The van der Waals surface area contributed by atoms with E-state index in [2.05, 4.69) is 31.7 Å². The highest BCUT2D eigenvalue weighted by atomic mass is 79.9. The van der Waals surface area contributed by atoms with E-state index in [0.29, 0.717) is 5.96 Å². The number of hydrazine groups is 1. The van der Waals surface area contributed by atoms with Gasteiger partial charge in [-0.2, -0.15) is 0 Å². The van der Waals surface area contributed by atoms with Crippen LogP contribution < -0.4 is 16.6 Å². The number of aliphatic imine (C=N–C) groups is 1. The van der Waals surface area contributed by atoms with Crippen LogP contribution in [-0.2, 0) is 0 Å². The van der Waals surface area contributed by atoms with Gasteiger partial charge >= 0.3 is 0 Å². The standard InChI is InChI=1S/C14H15BrN4/c1-10-9-11(15)7-8-13(10)18-14(19-16)17-12-5-3-2-4-6-12/h2-9H,16H2,1H3,(H2,17,18,19). The molecule has 0 saturated carbocycles. The minimum Gasteiger partial charge on any atom is -0.325 e. The summed E-state index contributed by atoms with van der Waals surface area (Å²) in [7, 11) is 0. The third kappa shape index (κ3) is 3.81. The number of benzene rings is 2. The average Bonchev–Trinajstić information content (AvgIpc) is 2.42. The molecule has 5 heteroatoms. The predicted octanol–water partition coefficient (Wildman–Crippen LogP) is 3.32. The number of para-hydroxylation sites is 1.